The summed E-state index contributed by atoms with van der Waals surface area (Å²) in [5.74, 6) is -4.16. The molecule has 30 heavy (non-hydrogen) atoms. The second kappa shape index (κ2) is 14.2. The fraction of sp³-hybridized carbons (Fsp3) is 0.783. The van der Waals surface area contributed by atoms with Crippen molar-refractivity contribution < 1.29 is 34.1 Å². The third-order valence-electron chi connectivity index (χ3n) is 5.83. The zero-order valence-corrected chi connectivity index (χ0v) is 18.2. The Kier molecular flexibility index (Phi) is 12.4. The van der Waals surface area contributed by atoms with Crippen LogP contribution < -0.4 is 10.2 Å². The molecule has 0 aliphatic heterocycles. The summed E-state index contributed by atoms with van der Waals surface area (Å²) in [4.78, 5) is 35.7. The zero-order chi connectivity index (χ0) is 22.4. The molecule has 172 valence electrons. The summed E-state index contributed by atoms with van der Waals surface area (Å²) >= 11 is 0. The molecule has 1 unspecified atom stereocenters. The summed E-state index contributed by atoms with van der Waals surface area (Å²) in [6, 6.07) is 0. The first-order valence-electron chi connectivity index (χ1n) is 11.2. The SMILES string of the molecule is C=C(C(=O)[O-])C(CCOCCCCCCCC)(CC(=O)OC1CCCCC1)C(=O)[O-]. The maximum Gasteiger partial charge on any atom is 0.307 e. The van der Waals surface area contributed by atoms with Gasteiger partial charge in [-0.25, -0.2) is 0 Å². The van der Waals surface area contributed by atoms with Crippen LogP contribution in [0.5, 0.6) is 0 Å². The second-order valence-electron chi connectivity index (χ2n) is 8.19. The minimum Gasteiger partial charge on any atom is -0.549 e. The molecule has 0 radical (unpaired) electrons. The van der Waals surface area contributed by atoms with Gasteiger partial charge in [-0.2, -0.15) is 0 Å². The van der Waals surface area contributed by atoms with Gasteiger partial charge >= 0.3 is 5.97 Å². The second-order valence-corrected chi connectivity index (χ2v) is 8.19. The average Bonchev–Trinajstić information content (AvgIpc) is 2.71. The van der Waals surface area contributed by atoms with E-state index in [2.05, 4.69) is 13.5 Å². The van der Waals surface area contributed by atoms with Crippen LogP contribution in [0.15, 0.2) is 12.2 Å². The molecule has 0 N–H and O–H groups in total. The van der Waals surface area contributed by atoms with Crippen LogP contribution in [-0.4, -0.2) is 37.2 Å². The monoisotopic (exact) mass is 424 g/mol. The van der Waals surface area contributed by atoms with Gasteiger partial charge in [0.2, 0.25) is 0 Å². The van der Waals surface area contributed by atoms with Gasteiger partial charge in [0.15, 0.2) is 0 Å². The highest BCUT2D eigenvalue weighted by molar-refractivity contribution is 5.96. The number of carboxylic acid groups (broad SMARTS) is 2. The molecule has 0 aromatic carbocycles. The largest absolute Gasteiger partial charge is 0.549 e. The quantitative estimate of drug-likeness (QED) is 0.211. The molecule has 0 heterocycles. The molecule has 1 atom stereocenters. The lowest BCUT2D eigenvalue weighted by Crippen LogP contribution is -2.50. The molecule has 0 spiro atoms. The molecule has 1 aliphatic carbocycles. The summed E-state index contributed by atoms with van der Waals surface area (Å²) in [6.45, 7) is 5.93. The van der Waals surface area contributed by atoms with E-state index in [9.17, 15) is 24.6 Å². The molecule has 0 saturated heterocycles. The predicted molar refractivity (Wildman–Crippen MR) is 108 cm³/mol. The molecule has 0 amide bonds. The van der Waals surface area contributed by atoms with E-state index in [0.29, 0.717) is 6.61 Å². The van der Waals surface area contributed by atoms with Crippen LogP contribution in [-0.2, 0) is 23.9 Å². The Morgan fingerprint density at radius 1 is 0.967 bits per heavy atom. The summed E-state index contributed by atoms with van der Waals surface area (Å²) in [5, 5.41) is 23.3. The molecule has 0 bridgehead atoms. The van der Waals surface area contributed by atoms with Gasteiger partial charge in [-0.1, -0.05) is 52.0 Å². The first-order chi connectivity index (χ1) is 14.3. The Bertz CT molecular complexity index is 566. The number of rotatable bonds is 16. The van der Waals surface area contributed by atoms with Crippen molar-refractivity contribution in [3.05, 3.63) is 12.2 Å². The van der Waals surface area contributed by atoms with Crippen molar-refractivity contribution in [1.29, 1.82) is 0 Å². The van der Waals surface area contributed by atoms with E-state index < -0.39 is 35.3 Å². The highest BCUT2D eigenvalue weighted by Gasteiger charge is 2.39. The Labute approximate surface area is 179 Å². The smallest absolute Gasteiger partial charge is 0.307 e. The van der Waals surface area contributed by atoms with Crippen molar-refractivity contribution >= 4 is 17.9 Å². The van der Waals surface area contributed by atoms with E-state index in [0.717, 1.165) is 51.4 Å². The summed E-state index contributed by atoms with van der Waals surface area (Å²) in [6.07, 6.45) is 9.82. The fourth-order valence-corrected chi connectivity index (χ4v) is 3.83. The third kappa shape index (κ3) is 8.86. The van der Waals surface area contributed by atoms with Gasteiger partial charge < -0.3 is 29.3 Å². The van der Waals surface area contributed by atoms with E-state index in [1.165, 1.54) is 19.3 Å². The van der Waals surface area contributed by atoms with Crippen LogP contribution in [0.2, 0.25) is 0 Å². The summed E-state index contributed by atoms with van der Waals surface area (Å²) < 4.78 is 10.9. The average molecular weight is 425 g/mol. The van der Waals surface area contributed by atoms with Crippen LogP contribution in [0.3, 0.4) is 0 Å². The number of ether oxygens (including phenoxy) is 2. The van der Waals surface area contributed by atoms with E-state index in [-0.39, 0.29) is 19.1 Å². The molecule has 7 heteroatoms. The molecule has 1 saturated carbocycles. The maximum absolute atomic E-state index is 12.4. The number of carboxylic acids is 2. The minimum absolute atomic E-state index is 0.0219. The number of aliphatic carboxylic acids is 2. The number of unbranched alkanes of at least 4 members (excludes halogenated alkanes) is 5. The topological polar surface area (TPSA) is 116 Å². The molecule has 0 aromatic rings. The first-order valence-corrected chi connectivity index (χ1v) is 11.2. The minimum atomic E-state index is -2.11. The zero-order valence-electron chi connectivity index (χ0n) is 18.2. The van der Waals surface area contributed by atoms with Crippen molar-refractivity contribution in [1.82, 2.24) is 0 Å². The van der Waals surface area contributed by atoms with Crippen LogP contribution in [0.4, 0.5) is 0 Å². The van der Waals surface area contributed by atoms with Gasteiger partial charge in [-0.15, -0.1) is 0 Å². The molecule has 1 aliphatic rings. The lowest BCUT2D eigenvalue weighted by molar-refractivity contribution is -0.322. The Hall–Kier alpha value is -1.89. The molecule has 0 aromatic heterocycles. The van der Waals surface area contributed by atoms with Crippen molar-refractivity contribution in [3.63, 3.8) is 0 Å². The number of hydrogen-bond acceptors (Lipinski definition) is 7. The lowest BCUT2D eigenvalue weighted by atomic mass is 9.75. The first kappa shape index (κ1) is 26.1. The standard InChI is InChI=1S/C23H38O7/c1-3-4-5-6-7-11-15-29-16-14-23(22(27)28,18(2)21(25)26)17-20(24)30-19-12-9-8-10-13-19/h19H,2-17H2,1H3,(H,25,26)(H,27,28)/p-2. The number of carbonyl (C=O) groups is 3. The fourth-order valence-electron chi connectivity index (χ4n) is 3.83. The molecule has 1 rings (SSSR count). The highest BCUT2D eigenvalue weighted by Crippen LogP contribution is 2.35. The van der Waals surface area contributed by atoms with Crippen molar-refractivity contribution in [3.8, 4) is 0 Å². The normalized spacial score (nSPS) is 16.6. The van der Waals surface area contributed by atoms with Crippen molar-refractivity contribution in [2.24, 2.45) is 5.41 Å². The van der Waals surface area contributed by atoms with Crippen molar-refractivity contribution in [2.45, 2.75) is 96.5 Å². The Morgan fingerprint density at radius 3 is 2.20 bits per heavy atom. The van der Waals surface area contributed by atoms with E-state index in [1.807, 2.05) is 0 Å². The van der Waals surface area contributed by atoms with Gasteiger partial charge in [0.1, 0.15) is 6.10 Å². The number of carbonyl (C=O) groups excluding carboxylic acids is 3. The Morgan fingerprint density at radius 2 is 1.60 bits per heavy atom. The molecule has 7 nitrogen and oxygen atoms in total. The number of esters is 1. The highest BCUT2D eigenvalue weighted by atomic mass is 16.5. The Balaban J connectivity index is 2.62. The maximum atomic E-state index is 12.4. The van der Waals surface area contributed by atoms with Crippen LogP contribution in [0.25, 0.3) is 0 Å². The summed E-state index contributed by atoms with van der Waals surface area (Å²) in [7, 11) is 0. The van der Waals surface area contributed by atoms with Gasteiger partial charge in [-0.05, 0) is 44.1 Å². The van der Waals surface area contributed by atoms with Gasteiger partial charge in [0, 0.05) is 18.6 Å². The predicted octanol–water partition coefficient (Wildman–Crippen LogP) is 2.06. The van der Waals surface area contributed by atoms with E-state index in [4.69, 9.17) is 9.47 Å². The van der Waals surface area contributed by atoms with Crippen LogP contribution in [0, 0.1) is 5.41 Å². The van der Waals surface area contributed by atoms with E-state index >= 15 is 0 Å². The molecular weight excluding hydrogens is 388 g/mol. The molecule has 1 fully saturated rings. The number of hydrogen-bond donors (Lipinski definition) is 0. The summed E-state index contributed by atoms with van der Waals surface area (Å²) in [5.41, 5.74) is -2.79. The van der Waals surface area contributed by atoms with Crippen LogP contribution in [0.1, 0.15) is 90.4 Å². The van der Waals surface area contributed by atoms with Gasteiger partial charge in [0.05, 0.1) is 18.4 Å². The van der Waals surface area contributed by atoms with Crippen LogP contribution >= 0.6 is 0 Å². The molecular formula is C23H36O7-2. The van der Waals surface area contributed by atoms with E-state index in [1.54, 1.807) is 0 Å². The third-order valence-corrected chi connectivity index (χ3v) is 5.83. The van der Waals surface area contributed by atoms with Gasteiger partial charge in [-0.3, -0.25) is 4.79 Å². The van der Waals surface area contributed by atoms with Gasteiger partial charge in [0.25, 0.3) is 0 Å². The lowest BCUT2D eigenvalue weighted by Gasteiger charge is -2.37. The van der Waals surface area contributed by atoms with Crippen molar-refractivity contribution in [2.75, 3.05) is 13.2 Å².